The van der Waals surface area contributed by atoms with Crippen molar-refractivity contribution in [2.45, 2.75) is 33.6 Å². The number of carbonyl (C=O) groups excluding carboxylic acids is 1. The van der Waals surface area contributed by atoms with Crippen molar-refractivity contribution in [3.05, 3.63) is 35.4 Å². The number of hydrogen-bond donors (Lipinski definition) is 2. The van der Waals surface area contributed by atoms with Crippen molar-refractivity contribution in [3.63, 3.8) is 0 Å². The number of aryl methyl sites for hydroxylation is 1. The van der Waals surface area contributed by atoms with Crippen molar-refractivity contribution >= 4 is 11.9 Å². The zero-order chi connectivity index (χ0) is 14.5. The first-order valence-electron chi connectivity index (χ1n) is 6.37. The van der Waals surface area contributed by atoms with Gasteiger partial charge in [-0.2, -0.15) is 0 Å². The number of benzene rings is 1. The summed E-state index contributed by atoms with van der Waals surface area (Å²) in [6.07, 6.45) is 0.583. The molecule has 0 aliphatic rings. The SMILES string of the molecule is Cc1cccc(CCNC(=O)C(C)(C)CC(=O)O)c1. The molecule has 2 N–H and O–H groups in total. The van der Waals surface area contributed by atoms with Crippen LogP contribution in [0.3, 0.4) is 0 Å². The van der Waals surface area contributed by atoms with Gasteiger partial charge in [0, 0.05) is 6.54 Å². The van der Waals surface area contributed by atoms with Crippen molar-refractivity contribution in [2.75, 3.05) is 6.54 Å². The second kappa shape index (κ2) is 6.36. The van der Waals surface area contributed by atoms with Gasteiger partial charge in [-0.3, -0.25) is 9.59 Å². The van der Waals surface area contributed by atoms with Gasteiger partial charge in [0.25, 0.3) is 0 Å². The van der Waals surface area contributed by atoms with E-state index in [0.29, 0.717) is 6.54 Å². The van der Waals surface area contributed by atoms with E-state index in [1.807, 2.05) is 25.1 Å². The van der Waals surface area contributed by atoms with Gasteiger partial charge in [0.05, 0.1) is 11.8 Å². The maximum atomic E-state index is 11.9. The van der Waals surface area contributed by atoms with Gasteiger partial charge >= 0.3 is 5.97 Å². The van der Waals surface area contributed by atoms with Crippen LogP contribution in [0.4, 0.5) is 0 Å². The Labute approximate surface area is 113 Å². The number of carboxylic acid groups (broad SMARTS) is 1. The minimum Gasteiger partial charge on any atom is -0.481 e. The van der Waals surface area contributed by atoms with Gasteiger partial charge in [-0.25, -0.2) is 0 Å². The van der Waals surface area contributed by atoms with Crippen LogP contribution in [0.15, 0.2) is 24.3 Å². The number of carboxylic acids is 1. The normalized spacial score (nSPS) is 11.1. The largest absolute Gasteiger partial charge is 0.481 e. The first-order valence-corrected chi connectivity index (χ1v) is 6.37. The highest BCUT2D eigenvalue weighted by Crippen LogP contribution is 2.20. The van der Waals surface area contributed by atoms with Crippen molar-refractivity contribution in [1.82, 2.24) is 5.32 Å². The van der Waals surface area contributed by atoms with Crippen molar-refractivity contribution < 1.29 is 14.7 Å². The van der Waals surface area contributed by atoms with E-state index in [9.17, 15) is 9.59 Å². The summed E-state index contributed by atoms with van der Waals surface area (Å²) >= 11 is 0. The molecule has 104 valence electrons. The van der Waals surface area contributed by atoms with E-state index >= 15 is 0 Å². The molecule has 0 saturated heterocycles. The molecule has 1 aromatic rings. The second-order valence-corrected chi connectivity index (χ2v) is 5.45. The lowest BCUT2D eigenvalue weighted by molar-refractivity contribution is -0.144. The summed E-state index contributed by atoms with van der Waals surface area (Å²) in [5, 5.41) is 11.5. The predicted octanol–water partition coefficient (Wildman–Crippen LogP) is 2.15. The van der Waals surface area contributed by atoms with E-state index in [0.717, 1.165) is 12.0 Å². The average Bonchev–Trinajstić information content (AvgIpc) is 2.27. The van der Waals surface area contributed by atoms with E-state index < -0.39 is 11.4 Å². The molecule has 0 aliphatic carbocycles. The molecule has 0 unspecified atom stereocenters. The maximum absolute atomic E-state index is 11.9. The van der Waals surface area contributed by atoms with E-state index in [1.54, 1.807) is 13.8 Å². The molecule has 4 nitrogen and oxygen atoms in total. The van der Waals surface area contributed by atoms with Crippen LogP contribution in [0.1, 0.15) is 31.4 Å². The fraction of sp³-hybridized carbons (Fsp3) is 0.467. The Morgan fingerprint density at radius 1 is 1.32 bits per heavy atom. The molecule has 1 rings (SSSR count). The van der Waals surface area contributed by atoms with Crippen molar-refractivity contribution in [2.24, 2.45) is 5.41 Å². The molecule has 19 heavy (non-hydrogen) atoms. The minimum absolute atomic E-state index is 0.163. The van der Waals surface area contributed by atoms with Gasteiger partial charge in [-0.15, -0.1) is 0 Å². The number of rotatable bonds is 6. The molecule has 0 atom stereocenters. The lowest BCUT2D eigenvalue weighted by atomic mass is 9.88. The molecule has 0 aliphatic heterocycles. The van der Waals surface area contributed by atoms with Gasteiger partial charge < -0.3 is 10.4 Å². The predicted molar refractivity (Wildman–Crippen MR) is 73.9 cm³/mol. The molecule has 0 spiro atoms. The zero-order valence-corrected chi connectivity index (χ0v) is 11.7. The molecule has 0 aromatic heterocycles. The Balaban J connectivity index is 2.44. The van der Waals surface area contributed by atoms with E-state index in [1.165, 1.54) is 5.56 Å². The van der Waals surface area contributed by atoms with E-state index in [-0.39, 0.29) is 12.3 Å². The molecular formula is C15H21NO3. The third-order valence-electron chi connectivity index (χ3n) is 2.99. The maximum Gasteiger partial charge on any atom is 0.304 e. The van der Waals surface area contributed by atoms with E-state index in [2.05, 4.69) is 11.4 Å². The first kappa shape index (κ1) is 15.2. The minimum atomic E-state index is -0.959. The lowest BCUT2D eigenvalue weighted by Gasteiger charge is -2.21. The number of carbonyl (C=O) groups is 2. The monoisotopic (exact) mass is 263 g/mol. The molecular weight excluding hydrogens is 242 g/mol. The first-order chi connectivity index (χ1) is 8.81. The summed E-state index contributed by atoms with van der Waals surface area (Å²) in [5.41, 5.74) is 1.48. The van der Waals surface area contributed by atoms with Crippen molar-refractivity contribution in [3.8, 4) is 0 Å². The van der Waals surface area contributed by atoms with Crippen LogP contribution in [0, 0.1) is 12.3 Å². The molecule has 0 saturated carbocycles. The zero-order valence-electron chi connectivity index (χ0n) is 11.7. The van der Waals surface area contributed by atoms with Crippen LogP contribution in [0.5, 0.6) is 0 Å². The summed E-state index contributed by atoms with van der Waals surface area (Å²) < 4.78 is 0. The number of nitrogens with one attached hydrogen (secondary N) is 1. The highest BCUT2D eigenvalue weighted by atomic mass is 16.4. The molecule has 0 fully saturated rings. The molecule has 1 aromatic carbocycles. The van der Waals surface area contributed by atoms with Gasteiger partial charge in [0.15, 0.2) is 0 Å². The molecule has 0 radical (unpaired) electrons. The average molecular weight is 263 g/mol. The van der Waals surface area contributed by atoms with Gasteiger partial charge in [0.1, 0.15) is 0 Å². The fourth-order valence-corrected chi connectivity index (χ4v) is 1.89. The highest BCUT2D eigenvalue weighted by molar-refractivity contribution is 5.86. The second-order valence-electron chi connectivity index (χ2n) is 5.45. The Morgan fingerprint density at radius 3 is 2.58 bits per heavy atom. The quantitative estimate of drug-likeness (QED) is 0.826. The molecule has 0 bridgehead atoms. The van der Waals surface area contributed by atoms with Crippen LogP contribution >= 0.6 is 0 Å². The van der Waals surface area contributed by atoms with Crippen molar-refractivity contribution in [1.29, 1.82) is 0 Å². The molecule has 1 amide bonds. The van der Waals surface area contributed by atoms with E-state index in [4.69, 9.17) is 5.11 Å². The Morgan fingerprint density at radius 2 is 2.00 bits per heavy atom. The number of hydrogen-bond acceptors (Lipinski definition) is 2. The van der Waals surface area contributed by atoms with Crippen LogP contribution in [-0.4, -0.2) is 23.5 Å². The number of aliphatic carboxylic acids is 1. The summed E-state index contributed by atoms with van der Waals surface area (Å²) in [4.78, 5) is 22.6. The fourth-order valence-electron chi connectivity index (χ4n) is 1.89. The topological polar surface area (TPSA) is 66.4 Å². The highest BCUT2D eigenvalue weighted by Gasteiger charge is 2.29. The summed E-state index contributed by atoms with van der Waals surface area (Å²) in [7, 11) is 0. The number of amides is 1. The summed E-state index contributed by atoms with van der Waals surface area (Å²) in [6, 6.07) is 8.11. The summed E-state index contributed by atoms with van der Waals surface area (Å²) in [5.74, 6) is -1.18. The van der Waals surface area contributed by atoms with Crippen LogP contribution < -0.4 is 5.32 Å². The lowest BCUT2D eigenvalue weighted by Crippen LogP contribution is -2.39. The molecule has 0 heterocycles. The third kappa shape index (κ3) is 5.12. The Hall–Kier alpha value is -1.84. The Bertz CT molecular complexity index is 466. The van der Waals surface area contributed by atoms with Crippen LogP contribution in [-0.2, 0) is 16.0 Å². The molecule has 4 heteroatoms. The van der Waals surface area contributed by atoms with Gasteiger partial charge in [-0.1, -0.05) is 43.7 Å². The van der Waals surface area contributed by atoms with Gasteiger partial charge in [0.2, 0.25) is 5.91 Å². The Kier molecular flexibility index (Phi) is 5.10. The summed E-state index contributed by atoms with van der Waals surface area (Å²) in [6.45, 7) is 5.83. The van der Waals surface area contributed by atoms with Crippen LogP contribution in [0.25, 0.3) is 0 Å². The van der Waals surface area contributed by atoms with Crippen LogP contribution in [0.2, 0.25) is 0 Å². The third-order valence-corrected chi connectivity index (χ3v) is 2.99. The smallest absolute Gasteiger partial charge is 0.304 e. The van der Waals surface area contributed by atoms with Gasteiger partial charge in [-0.05, 0) is 18.9 Å². The standard InChI is InChI=1S/C15H21NO3/c1-11-5-4-6-12(9-11)7-8-16-14(19)15(2,3)10-13(17)18/h4-6,9H,7-8,10H2,1-3H3,(H,16,19)(H,17,18).